The third kappa shape index (κ3) is 2.98. The molecular weight excluding hydrogens is 260 g/mol. The molecule has 0 radical (unpaired) electrons. The first-order valence-corrected chi connectivity index (χ1v) is 8.18. The van der Waals surface area contributed by atoms with Gasteiger partial charge in [-0.25, -0.2) is 4.98 Å². The molecule has 1 heterocycles. The molecule has 1 aliphatic rings. The minimum atomic E-state index is 0.416. The monoisotopic (exact) mass is 286 g/mol. The predicted octanol–water partition coefficient (Wildman–Crippen LogP) is 4.17. The highest BCUT2D eigenvalue weighted by atomic mass is 16.3. The molecule has 2 atom stereocenters. The number of rotatable bonds is 5. The number of nitrogens with zero attached hydrogens (tertiary/aromatic N) is 1. The number of hydrogen-bond donors (Lipinski definition) is 1. The normalized spacial score (nSPS) is 22.7. The van der Waals surface area contributed by atoms with Crippen LogP contribution in [0.4, 0.5) is 0 Å². The molecule has 3 rings (SSSR count). The van der Waals surface area contributed by atoms with Crippen molar-refractivity contribution in [1.82, 2.24) is 10.3 Å². The highest BCUT2D eigenvalue weighted by molar-refractivity contribution is 5.72. The molecule has 0 aliphatic heterocycles. The summed E-state index contributed by atoms with van der Waals surface area (Å²) in [5, 5.41) is 3.67. The Morgan fingerprint density at radius 3 is 2.86 bits per heavy atom. The Kier molecular flexibility index (Phi) is 4.03. The summed E-state index contributed by atoms with van der Waals surface area (Å²) in [5.41, 5.74) is 2.28. The molecular formula is C18H26N2O. The summed E-state index contributed by atoms with van der Waals surface area (Å²) in [6, 6.07) is 8.48. The lowest BCUT2D eigenvalue weighted by Gasteiger charge is -2.34. The Hall–Kier alpha value is -1.35. The van der Waals surface area contributed by atoms with Crippen LogP contribution in [0.1, 0.15) is 45.9 Å². The van der Waals surface area contributed by atoms with Crippen molar-refractivity contribution >= 4 is 11.1 Å². The van der Waals surface area contributed by atoms with Gasteiger partial charge in [-0.15, -0.1) is 0 Å². The summed E-state index contributed by atoms with van der Waals surface area (Å²) < 4.78 is 5.92. The number of nitrogens with one attached hydrogen (secondary N) is 1. The van der Waals surface area contributed by atoms with E-state index in [-0.39, 0.29) is 0 Å². The molecule has 1 saturated carbocycles. The fraction of sp³-hybridized carbons (Fsp3) is 0.611. The van der Waals surface area contributed by atoms with Gasteiger partial charge in [0.05, 0.1) is 0 Å². The van der Waals surface area contributed by atoms with Crippen molar-refractivity contribution in [3.8, 4) is 0 Å². The van der Waals surface area contributed by atoms with E-state index in [0.29, 0.717) is 17.4 Å². The molecule has 0 bridgehead atoms. The topological polar surface area (TPSA) is 38.1 Å². The third-order valence-electron chi connectivity index (χ3n) is 5.02. The van der Waals surface area contributed by atoms with E-state index < -0.39 is 0 Å². The lowest BCUT2D eigenvalue weighted by Crippen LogP contribution is -2.42. The van der Waals surface area contributed by atoms with Crippen molar-refractivity contribution in [1.29, 1.82) is 0 Å². The first-order chi connectivity index (χ1) is 10.1. The van der Waals surface area contributed by atoms with Crippen LogP contribution in [0.3, 0.4) is 0 Å². The minimum Gasteiger partial charge on any atom is -0.441 e. The summed E-state index contributed by atoms with van der Waals surface area (Å²) in [4.78, 5) is 4.65. The van der Waals surface area contributed by atoms with Gasteiger partial charge in [-0.05, 0) is 42.9 Å². The maximum Gasteiger partial charge on any atom is 0.197 e. The van der Waals surface area contributed by atoms with E-state index in [0.717, 1.165) is 30.0 Å². The van der Waals surface area contributed by atoms with Crippen LogP contribution in [0.5, 0.6) is 0 Å². The maximum absolute atomic E-state index is 5.92. The van der Waals surface area contributed by atoms with Crippen LogP contribution in [0, 0.1) is 11.3 Å². The first-order valence-electron chi connectivity index (χ1n) is 8.18. The molecule has 1 aliphatic carbocycles. The minimum absolute atomic E-state index is 0.416. The number of hydrogen-bond acceptors (Lipinski definition) is 3. The van der Waals surface area contributed by atoms with Gasteiger partial charge in [-0.3, -0.25) is 0 Å². The van der Waals surface area contributed by atoms with Gasteiger partial charge < -0.3 is 9.73 Å². The van der Waals surface area contributed by atoms with Gasteiger partial charge in [0.1, 0.15) is 5.52 Å². The van der Waals surface area contributed by atoms with E-state index in [9.17, 15) is 0 Å². The predicted molar refractivity (Wildman–Crippen MR) is 86.3 cm³/mol. The summed E-state index contributed by atoms with van der Waals surface area (Å²) in [6.07, 6.45) is 4.86. The van der Waals surface area contributed by atoms with Gasteiger partial charge >= 0.3 is 0 Å². The number of benzene rings is 1. The lowest BCUT2D eigenvalue weighted by atomic mass is 9.76. The second-order valence-electron chi connectivity index (χ2n) is 6.93. The Morgan fingerprint density at radius 2 is 2.19 bits per heavy atom. The van der Waals surface area contributed by atoms with E-state index in [2.05, 4.69) is 31.1 Å². The molecule has 3 nitrogen and oxygen atoms in total. The van der Waals surface area contributed by atoms with Crippen molar-refractivity contribution in [3.05, 3.63) is 30.2 Å². The second kappa shape index (κ2) is 5.80. The van der Waals surface area contributed by atoms with Gasteiger partial charge in [0.15, 0.2) is 11.5 Å². The number of likely N-dealkylation sites (N-methyl/N-ethyl adjacent to an activating group) is 1. The average molecular weight is 286 g/mol. The van der Waals surface area contributed by atoms with Crippen LogP contribution >= 0.6 is 0 Å². The maximum atomic E-state index is 5.92. The van der Waals surface area contributed by atoms with Crippen LogP contribution in [-0.2, 0) is 6.42 Å². The number of oxazole rings is 1. The van der Waals surface area contributed by atoms with Crippen molar-refractivity contribution in [3.63, 3.8) is 0 Å². The number of fused-ring (bicyclic) bond motifs is 1. The Morgan fingerprint density at radius 1 is 1.38 bits per heavy atom. The summed E-state index contributed by atoms with van der Waals surface area (Å²) in [7, 11) is 0. The van der Waals surface area contributed by atoms with Gasteiger partial charge in [0, 0.05) is 12.5 Å². The molecule has 1 aromatic heterocycles. The number of para-hydroxylation sites is 2. The van der Waals surface area contributed by atoms with E-state index in [1.165, 1.54) is 19.3 Å². The molecule has 1 fully saturated rings. The fourth-order valence-electron chi connectivity index (χ4n) is 3.91. The highest BCUT2D eigenvalue weighted by Gasteiger charge is 2.39. The molecule has 3 heteroatoms. The zero-order valence-corrected chi connectivity index (χ0v) is 13.4. The van der Waals surface area contributed by atoms with E-state index in [1.54, 1.807) is 0 Å². The van der Waals surface area contributed by atoms with Gasteiger partial charge in [0.25, 0.3) is 0 Å². The summed E-state index contributed by atoms with van der Waals surface area (Å²) in [5.74, 6) is 1.57. The van der Waals surface area contributed by atoms with Crippen molar-refractivity contribution in [2.24, 2.45) is 11.3 Å². The van der Waals surface area contributed by atoms with E-state index >= 15 is 0 Å². The zero-order valence-electron chi connectivity index (χ0n) is 13.4. The average Bonchev–Trinajstić information content (AvgIpc) is 3.00. The number of aromatic nitrogens is 1. The van der Waals surface area contributed by atoms with Gasteiger partial charge in [0.2, 0.25) is 0 Å². The third-order valence-corrected chi connectivity index (χ3v) is 5.02. The molecule has 0 spiro atoms. The van der Waals surface area contributed by atoms with Gasteiger partial charge in [-0.1, -0.05) is 39.3 Å². The molecule has 1 aromatic carbocycles. The molecule has 2 unspecified atom stereocenters. The van der Waals surface area contributed by atoms with E-state index in [4.69, 9.17) is 4.42 Å². The second-order valence-corrected chi connectivity index (χ2v) is 6.93. The molecule has 0 amide bonds. The summed E-state index contributed by atoms with van der Waals surface area (Å²) in [6.45, 7) is 7.99. The quantitative estimate of drug-likeness (QED) is 0.896. The van der Waals surface area contributed by atoms with E-state index in [1.807, 2.05) is 24.3 Å². The van der Waals surface area contributed by atoms with Crippen molar-refractivity contribution in [2.75, 3.05) is 6.54 Å². The Labute approximate surface area is 127 Å². The standard InChI is InChI=1S/C18H26N2O/c1-4-19-15(13-8-7-11-18(13,2)3)12-17-20-14-9-5-6-10-16(14)21-17/h5-6,9-10,13,15,19H,4,7-8,11-12H2,1-3H3. The SMILES string of the molecule is CCNC(Cc1nc2ccccc2o1)C1CCCC1(C)C. The lowest BCUT2D eigenvalue weighted by molar-refractivity contribution is 0.192. The fourth-order valence-corrected chi connectivity index (χ4v) is 3.91. The molecule has 114 valence electrons. The molecule has 2 aromatic rings. The highest BCUT2D eigenvalue weighted by Crippen LogP contribution is 2.45. The summed E-state index contributed by atoms with van der Waals surface area (Å²) >= 11 is 0. The smallest absolute Gasteiger partial charge is 0.197 e. The largest absolute Gasteiger partial charge is 0.441 e. The van der Waals surface area contributed by atoms with Crippen LogP contribution in [0.15, 0.2) is 28.7 Å². The van der Waals surface area contributed by atoms with Crippen molar-refractivity contribution < 1.29 is 4.42 Å². The Bertz CT molecular complexity index is 569. The molecule has 0 saturated heterocycles. The molecule has 1 N–H and O–H groups in total. The van der Waals surface area contributed by atoms with Crippen LogP contribution in [0.25, 0.3) is 11.1 Å². The Balaban J connectivity index is 1.81. The molecule has 21 heavy (non-hydrogen) atoms. The van der Waals surface area contributed by atoms with Crippen molar-refractivity contribution in [2.45, 2.75) is 52.5 Å². The van der Waals surface area contributed by atoms with Crippen LogP contribution in [0.2, 0.25) is 0 Å². The van der Waals surface area contributed by atoms with Gasteiger partial charge in [-0.2, -0.15) is 0 Å². The zero-order chi connectivity index (χ0) is 14.9. The first kappa shape index (κ1) is 14.6. The van der Waals surface area contributed by atoms with Crippen LogP contribution < -0.4 is 5.32 Å². The van der Waals surface area contributed by atoms with Crippen LogP contribution in [-0.4, -0.2) is 17.6 Å².